The van der Waals surface area contributed by atoms with Gasteiger partial charge in [0.25, 0.3) is 0 Å². The monoisotopic (exact) mass is 191 g/mol. The van der Waals surface area contributed by atoms with Crippen LogP contribution in [0.4, 0.5) is 0 Å². The molecular formula is C7H14ClNOSi. The van der Waals surface area contributed by atoms with Gasteiger partial charge in [0, 0.05) is 0 Å². The van der Waals surface area contributed by atoms with Gasteiger partial charge in [0.2, 0.25) is 0 Å². The summed E-state index contributed by atoms with van der Waals surface area (Å²) in [4.78, 5) is 0. The fourth-order valence-electron chi connectivity index (χ4n) is 0.604. The second-order valence-corrected chi connectivity index (χ2v) is 8.61. The highest BCUT2D eigenvalue weighted by molar-refractivity contribution is 6.69. The van der Waals surface area contributed by atoms with Gasteiger partial charge in [0.1, 0.15) is 6.10 Å². The number of alkyl halides is 1. The second kappa shape index (κ2) is 4.10. The topological polar surface area (TPSA) is 33.0 Å². The third kappa shape index (κ3) is 5.25. The third-order valence-corrected chi connectivity index (χ3v) is 2.21. The van der Waals surface area contributed by atoms with E-state index in [1.54, 1.807) is 6.92 Å². The Morgan fingerprint density at radius 3 is 2.00 bits per heavy atom. The van der Waals surface area contributed by atoms with Crippen molar-refractivity contribution >= 4 is 19.9 Å². The lowest BCUT2D eigenvalue weighted by atomic mass is 10.3. The molecule has 0 fully saturated rings. The molecule has 0 aliphatic rings. The van der Waals surface area contributed by atoms with Gasteiger partial charge in [0.15, 0.2) is 8.32 Å². The van der Waals surface area contributed by atoms with Gasteiger partial charge in [-0.15, -0.1) is 11.6 Å². The van der Waals surface area contributed by atoms with Crippen LogP contribution in [0, 0.1) is 11.3 Å². The summed E-state index contributed by atoms with van der Waals surface area (Å²) in [5, 5.41) is 8.39. The summed E-state index contributed by atoms with van der Waals surface area (Å²) >= 11 is 5.72. The molecule has 64 valence electrons. The Kier molecular flexibility index (Phi) is 4.08. The molecule has 0 aliphatic heterocycles. The average Bonchev–Trinajstić information content (AvgIpc) is 1.80. The molecule has 0 saturated carbocycles. The lowest BCUT2D eigenvalue weighted by Gasteiger charge is -2.22. The van der Waals surface area contributed by atoms with Crippen LogP contribution in [0.3, 0.4) is 0 Å². The van der Waals surface area contributed by atoms with E-state index in [0.29, 0.717) is 0 Å². The highest BCUT2D eigenvalue weighted by Gasteiger charge is 2.23. The van der Waals surface area contributed by atoms with Crippen LogP contribution in [0.5, 0.6) is 0 Å². The van der Waals surface area contributed by atoms with Gasteiger partial charge in [-0.2, -0.15) is 5.26 Å². The highest BCUT2D eigenvalue weighted by atomic mass is 35.5. The van der Waals surface area contributed by atoms with E-state index in [9.17, 15) is 0 Å². The van der Waals surface area contributed by atoms with Gasteiger partial charge < -0.3 is 4.43 Å². The number of rotatable bonds is 3. The van der Waals surface area contributed by atoms with Crippen LogP contribution in [0.15, 0.2) is 0 Å². The maximum atomic E-state index is 8.62. The van der Waals surface area contributed by atoms with E-state index in [4.69, 9.17) is 21.3 Å². The molecule has 0 heterocycles. The van der Waals surface area contributed by atoms with Gasteiger partial charge in [-0.25, -0.2) is 0 Å². The van der Waals surface area contributed by atoms with Crippen LogP contribution >= 0.6 is 11.6 Å². The van der Waals surface area contributed by atoms with Crippen LogP contribution in [-0.2, 0) is 4.43 Å². The van der Waals surface area contributed by atoms with E-state index in [-0.39, 0.29) is 5.38 Å². The predicted molar refractivity (Wildman–Crippen MR) is 49.1 cm³/mol. The maximum absolute atomic E-state index is 8.62. The second-order valence-electron chi connectivity index (χ2n) is 3.46. The molecule has 0 N–H and O–H groups in total. The molecule has 0 saturated heterocycles. The minimum atomic E-state index is -1.61. The fraction of sp³-hybridized carbons (Fsp3) is 0.857. The molecule has 2 atom stereocenters. The van der Waals surface area contributed by atoms with E-state index in [0.717, 1.165) is 0 Å². The molecule has 0 aliphatic carbocycles. The third-order valence-electron chi connectivity index (χ3n) is 1.02. The largest absolute Gasteiger partial charge is 0.401 e. The predicted octanol–water partition coefficient (Wildman–Crippen LogP) is 2.36. The first-order chi connectivity index (χ1) is 4.87. The Balaban J connectivity index is 4.02. The van der Waals surface area contributed by atoms with Crippen LogP contribution in [0.25, 0.3) is 0 Å². The first-order valence-electron chi connectivity index (χ1n) is 3.58. The molecule has 0 spiro atoms. The van der Waals surface area contributed by atoms with Gasteiger partial charge >= 0.3 is 0 Å². The molecule has 0 aromatic heterocycles. The zero-order valence-corrected chi connectivity index (χ0v) is 9.14. The Hall–Kier alpha value is -0.0431. The van der Waals surface area contributed by atoms with Crippen molar-refractivity contribution in [2.45, 2.75) is 38.0 Å². The molecule has 0 aromatic rings. The number of halogens is 1. The lowest BCUT2D eigenvalue weighted by molar-refractivity contribution is 0.248. The molecule has 0 aromatic carbocycles. The van der Waals surface area contributed by atoms with Crippen LogP contribution < -0.4 is 0 Å². The van der Waals surface area contributed by atoms with Gasteiger partial charge in [0.05, 0.1) is 11.4 Å². The Morgan fingerprint density at radius 2 is 1.91 bits per heavy atom. The summed E-state index contributed by atoms with van der Waals surface area (Å²) in [7, 11) is -1.61. The molecule has 11 heavy (non-hydrogen) atoms. The van der Waals surface area contributed by atoms with Crippen molar-refractivity contribution in [3.05, 3.63) is 0 Å². The first-order valence-corrected chi connectivity index (χ1v) is 7.43. The maximum Gasteiger partial charge on any atom is 0.185 e. The Labute approximate surface area is 74.2 Å². The van der Waals surface area contributed by atoms with E-state index in [2.05, 4.69) is 0 Å². The van der Waals surface area contributed by atoms with E-state index < -0.39 is 14.4 Å². The molecular weight excluding hydrogens is 178 g/mol. The zero-order chi connectivity index (χ0) is 9.07. The standard InChI is InChI=1S/C7H14ClNOSi/c1-6(8)7(5-9)10-11(2,3)4/h6-7H,1-4H3/t6?,7-/m1/s1. The van der Waals surface area contributed by atoms with Crippen LogP contribution in [0.1, 0.15) is 6.92 Å². The van der Waals surface area contributed by atoms with Gasteiger partial charge in [-0.1, -0.05) is 0 Å². The van der Waals surface area contributed by atoms with Crippen molar-refractivity contribution in [3.63, 3.8) is 0 Å². The Morgan fingerprint density at radius 1 is 1.45 bits per heavy atom. The van der Waals surface area contributed by atoms with Gasteiger partial charge in [-0.05, 0) is 26.6 Å². The van der Waals surface area contributed by atoms with Crippen molar-refractivity contribution in [2.75, 3.05) is 0 Å². The molecule has 0 rings (SSSR count). The average molecular weight is 192 g/mol. The SMILES string of the molecule is CC(Cl)[C@@H](C#N)O[Si](C)(C)C. The van der Waals surface area contributed by atoms with E-state index in [1.807, 2.05) is 25.7 Å². The summed E-state index contributed by atoms with van der Waals surface area (Å²) in [5.74, 6) is 0. The summed E-state index contributed by atoms with van der Waals surface area (Å²) in [6.07, 6.45) is -0.455. The summed E-state index contributed by atoms with van der Waals surface area (Å²) in [6.45, 7) is 7.89. The Bertz CT molecular complexity index is 159. The zero-order valence-electron chi connectivity index (χ0n) is 7.39. The van der Waals surface area contributed by atoms with Crippen LogP contribution in [-0.4, -0.2) is 19.8 Å². The minimum absolute atomic E-state index is 0.230. The highest BCUT2D eigenvalue weighted by Crippen LogP contribution is 2.12. The van der Waals surface area contributed by atoms with Crippen molar-refractivity contribution in [2.24, 2.45) is 0 Å². The van der Waals surface area contributed by atoms with E-state index in [1.165, 1.54) is 0 Å². The minimum Gasteiger partial charge on any atom is -0.401 e. The number of nitriles is 1. The summed E-state index contributed by atoms with van der Waals surface area (Å²) in [5.41, 5.74) is 0. The van der Waals surface area contributed by atoms with Gasteiger partial charge in [-0.3, -0.25) is 0 Å². The van der Waals surface area contributed by atoms with Crippen LogP contribution in [0.2, 0.25) is 19.6 Å². The smallest absolute Gasteiger partial charge is 0.185 e. The van der Waals surface area contributed by atoms with Crippen molar-refractivity contribution < 1.29 is 4.43 Å². The molecule has 0 amide bonds. The molecule has 1 unspecified atom stereocenters. The molecule has 4 heteroatoms. The molecule has 0 bridgehead atoms. The lowest BCUT2D eigenvalue weighted by Crippen LogP contribution is -2.35. The number of nitrogens with zero attached hydrogens (tertiary/aromatic N) is 1. The fourth-order valence-corrected chi connectivity index (χ4v) is 1.82. The molecule has 0 radical (unpaired) electrons. The van der Waals surface area contributed by atoms with Crippen molar-refractivity contribution in [3.8, 4) is 6.07 Å². The molecule has 2 nitrogen and oxygen atoms in total. The first kappa shape index (κ1) is 11.0. The van der Waals surface area contributed by atoms with Crippen molar-refractivity contribution in [1.82, 2.24) is 0 Å². The normalized spacial score (nSPS) is 17.1. The number of hydrogen-bond acceptors (Lipinski definition) is 2. The summed E-state index contributed by atoms with van der Waals surface area (Å²) in [6, 6.07) is 2.04. The quantitative estimate of drug-likeness (QED) is 0.507. The van der Waals surface area contributed by atoms with Crippen molar-refractivity contribution in [1.29, 1.82) is 5.26 Å². The van der Waals surface area contributed by atoms with E-state index >= 15 is 0 Å². The summed E-state index contributed by atoms with van der Waals surface area (Å²) < 4.78 is 5.49. The number of hydrogen-bond donors (Lipinski definition) is 0.